The second-order valence-corrected chi connectivity index (χ2v) is 5.72. The maximum atomic E-state index is 6.04. The minimum Gasteiger partial charge on any atom is -0.489 e. The Bertz CT molecular complexity index is 554. The predicted octanol–water partition coefficient (Wildman–Crippen LogP) is 4.88. The molecule has 112 valence electrons. The van der Waals surface area contributed by atoms with Crippen molar-refractivity contribution in [2.45, 2.75) is 40.2 Å². The Morgan fingerprint density at radius 1 is 0.905 bits per heavy atom. The van der Waals surface area contributed by atoms with E-state index in [1.807, 2.05) is 12.1 Å². The second-order valence-electron chi connectivity index (χ2n) is 5.72. The molecule has 2 rings (SSSR count). The number of benzene rings is 2. The van der Waals surface area contributed by atoms with Crippen LogP contribution in [0.3, 0.4) is 0 Å². The van der Waals surface area contributed by atoms with Gasteiger partial charge in [0, 0.05) is 5.69 Å². The SMILES string of the molecule is CC[C@@H](CNc1cc(C)cc(C)c1)Oc1ccc(C)cc1. The Labute approximate surface area is 128 Å². The molecule has 0 amide bonds. The van der Waals surface area contributed by atoms with Gasteiger partial charge in [-0.15, -0.1) is 0 Å². The normalized spacial score (nSPS) is 12.0. The number of ether oxygens (including phenoxy) is 1. The van der Waals surface area contributed by atoms with Crippen molar-refractivity contribution in [2.24, 2.45) is 0 Å². The average Bonchev–Trinajstić information content (AvgIpc) is 2.44. The molecule has 0 saturated carbocycles. The third-order valence-electron chi connectivity index (χ3n) is 3.53. The molecule has 0 fully saturated rings. The molecule has 2 aromatic rings. The lowest BCUT2D eigenvalue weighted by Gasteiger charge is -2.19. The van der Waals surface area contributed by atoms with Crippen LogP contribution < -0.4 is 10.1 Å². The first kappa shape index (κ1) is 15.4. The molecule has 0 spiro atoms. The van der Waals surface area contributed by atoms with E-state index in [2.05, 4.69) is 63.3 Å². The molecule has 0 radical (unpaired) electrons. The highest BCUT2D eigenvalue weighted by Gasteiger charge is 2.08. The lowest BCUT2D eigenvalue weighted by molar-refractivity contribution is 0.210. The van der Waals surface area contributed by atoms with Crippen molar-refractivity contribution in [3.05, 3.63) is 59.2 Å². The summed E-state index contributed by atoms with van der Waals surface area (Å²) in [4.78, 5) is 0. The maximum absolute atomic E-state index is 6.04. The molecule has 0 aliphatic rings. The zero-order chi connectivity index (χ0) is 15.2. The standard InChI is InChI=1S/C19H25NO/c1-5-18(21-19-8-6-14(2)7-9-19)13-20-17-11-15(3)10-16(4)12-17/h6-12,18,20H,5,13H2,1-4H3/t18-/m0/s1. The molecule has 2 nitrogen and oxygen atoms in total. The van der Waals surface area contributed by atoms with Gasteiger partial charge in [0.1, 0.15) is 11.9 Å². The molecule has 2 aromatic carbocycles. The minimum atomic E-state index is 0.175. The van der Waals surface area contributed by atoms with Gasteiger partial charge in [0.2, 0.25) is 0 Å². The fourth-order valence-corrected chi connectivity index (χ4v) is 2.39. The van der Waals surface area contributed by atoms with Crippen LogP contribution in [0.2, 0.25) is 0 Å². The highest BCUT2D eigenvalue weighted by Crippen LogP contribution is 2.17. The monoisotopic (exact) mass is 283 g/mol. The maximum Gasteiger partial charge on any atom is 0.119 e. The Balaban J connectivity index is 1.94. The van der Waals surface area contributed by atoms with E-state index in [4.69, 9.17) is 4.74 Å². The van der Waals surface area contributed by atoms with Crippen molar-refractivity contribution >= 4 is 5.69 Å². The van der Waals surface area contributed by atoms with Crippen molar-refractivity contribution in [1.82, 2.24) is 0 Å². The smallest absolute Gasteiger partial charge is 0.119 e. The number of hydrogen-bond donors (Lipinski definition) is 1. The molecular weight excluding hydrogens is 258 g/mol. The molecule has 0 aliphatic carbocycles. The largest absolute Gasteiger partial charge is 0.489 e. The van der Waals surface area contributed by atoms with Crippen LogP contribution in [0, 0.1) is 20.8 Å². The summed E-state index contributed by atoms with van der Waals surface area (Å²) in [5.41, 5.74) is 4.98. The third kappa shape index (κ3) is 4.82. The Morgan fingerprint density at radius 2 is 1.52 bits per heavy atom. The van der Waals surface area contributed by atoms with Gasteiger partial charge < -0.3 is 10.1 Å². The minimum absolute atomic E-state index is 0.175. The summed E-state index contributed by atoms with van der Waals surface area (Å²) in [6, 6.07) is 14.8. The highest BCUT2D eigenvalue weighted by molar-refractivity contribution is 5.48. The fourth-order valence-electron chi connectivity index (χ4n) is 2.39. The number of aryl methyl sites for hydroxylation is 3. The van der Waals surface area contributed by atoms with Crippen LogP contribution >= 0.6 is 0 Å². The van der Waals surface area contributed by atoms with Gasteiger partial charge in [-0.05, 0) is 62.6 Å². The van der Waals surface area contributed by atoms with E-state index < -0.39 is 0 Å². The summed E-state index contributed by atoms with van der Waals surface area (Å²) in [6.45, 7) is 9.30. The zero-order valence-corrected chi connectivity index (χ0v) is 13.4. The van der Waals surface area contributed by atoms with Gasteiger partial charge in [-0.25, -0.2) is 0 Å². The lowest BCUT2D eigenvalue weighted by Crippen LogP contribution is -2.25. The van der Waals surface area contributed by atoms with Crippen molar-refractivity contribution in [3.63, 3.8) is 0 Å². The van der Waals surface area contributed by atoms with Gasteiger partial charge in [-0.2, -0.15) is 0 Å². The fraction of sp³-hybridized carbons (Fsp3) is 0.368. The van der Waals surface area contributed by atoms with Gasteiger partial charge in [0.15, 0.2) is 0 Å². The van der Waals surface area contributed by atoms with E-state index >= 15 is 0 Å². The number of hydrogen-bond acceptors (Lipinski definition) is 2. The number of anilines is 1. The second kappa shape index (κ2) is 7.16. The summed E-state index contributed by atoms with van der Waals surface area (Å²) in [5, 5.41) is 3.48. The predicted molar refractivity (Wildman–Crippen MR) is 90.3 cm³/mol. The Hall–Kier alpha value is -1.96. The molecule has 0 unspecified atom stereocenters. The summed E-state index contributed by atoms with van der Waals surface area (Å²) in [7, 11) is 0. The van der Waals surface area contributed by atoms with Crippen molar-refractivity contribution in [1.29, 1.82) is 0 Å². The van der Waals surface area contributed by atoms with Crippen LogP contribution in [0.25, 0.3) is 0 Å². The molecule has 0 aliphatic heterocycles. The van der Waals surface area contributed by atoms with Gasteiger partial charge >= 0.3 is 0 Å². The first-order valence-corrected chi connectivity index (χ1v) is 7.62. The third-order valence-corrected chi connectivity index (χ3v) is 3.53. The van der Waals surface area contributed by atoms with Crippen molar-refractivity contribution < 1.29 is 4.74 Å². The highest BCUT2D eigenvalue weighted by atomic mass is 16.5. The number of rotatable bonds is 6. The summed E-state index contributed by atoms with van der Waals surface area (Å²) in [6.07, 6.45) is 1.15. The quantitative estimate of drug-likeness (QED) is 0.815. The van der Waals surface area contributed by atoms with Crippen LogP contribution in [0.15, 0.2) is 42.5 Å². The van der Waals surface area contributed by atoms with E-state index in [0.717, 1.165) is 18.7 Å². The molecule has 0 saturated heterocycles. The molecule has 2 heteroatoms. The number of nitrogens with one attached hydrogen (secondary N) is 1. The molecular formula is C19H25NO. The van der Waals surface area contributed by atoms with Crippen molar-refractivity contribution in [3.8, 4) is 5.75 Å². The van der Waals surface area contributed by atoms with E-state index in [0.29, 0.717) is 0 Å². The van der Waals surface area contributed by atoms with E-state index in [1.165, 1.54) is 22.4 Å². The summed E-state index contributed by atoms with van der Waals surface area (Å²) in [5.74, 6) is 0.940. The molecule has 0 bridgehead atoms. The Morgan fingerprint density at radius 3 is 2.10 bits per heavy atom. The van der Waals surface area contributed by atoms with Gasteiger partial charge in [0.05, 0.1) is 6.54 Å². The average molecular weight is 283 g/mol. The Kier molecular flexibility index (Phi) is 5.26. The zero-order valence-electron chi connectivity index (χ0n) is 13.4. The molecule has 21 heavy (non-hydrogen) atoms. The summed E-state index contributed by atoms with van der Waals surface area (Å²) < 4.78 is 6.04. The van der Waals surface area contributed by atoms with Crippen LogP contribution in [0.5, 0.6) is 5.75 Å². The van der Waals surface area contributed by atoms with Gasteiger partial charge in [-0.1, -0.05) is 30.7 Å². The molecule has 1 N–H and O–H groups in total. The lowest BCUT2D eigenvalue weighted by atomic mass is 10.1. The first-order valence-electron chi connectivity index (χ1n) is 7.62. The molecule has 0 aromatic heterocycles. The first-order chi connectivity index (χ1) is 10.1. The van der Waals surface area contributed by atoms with E-state index in [9.17, 15) is 0 Å². The summed E-state index contributed by atoms with van der Waals surface area (Å²) >= 11 is 0. The van der Waals surface area contributed by atoms with Crippen LogP contribution in [-0.4, -0.2) is 12.6 Å². The molecule has 0 heterocycles. The van der Waals surface area contributed by atoms with E-state index in [-0.39, 0.29) is 6.10 Å². The van der Waals surface area contributed by atoms with Gasteiger partial charge in [-0.3, -0.25) is 0 Å². The molecule has 1 atom stereocenters. The van der Waals surface area contributed by atoms with E-state index in [1.54, 1.807) is 0 Å². The van der Waals surface area contributed by atoms with Crippen LogP contribution in [-0.2, 0) is 0 Å². The van der Waals surface area contributed by atoms with Crippen LogP contribution in [0.1, 0.15) is 30.0 Å². The van der Waals surface area contributed by atoms with Crippen molar-refractivity contribution in [2.75, 3.05) is 11.9 Å². The topological polar surface area (TPSA) is 21.3 Å². The van der Waals surface area contributed by atoms with Crippen LogP contribution in [0.4, 0.5) is 5.69 Å². The van der Waals surface area contributed by atoms with Gasteiger partial charge in [0.25, 0.3) is 0 Å².